The molecule has 2 amide bonds. The molecule has 1 heterocycles. The number of carbonyl (C=O) groups excluding carboxylic acids is 2. The summed E-state index contributed by atoms with van der Waals surface area (Å²) in [5, 5.41) is 7.94. The largest absolute Gasteiger partial charge is 0.494 e. The molecule has 0 bridgehead atoms. The van der Waals surface area contributed by atoms with Crippen LogP contribution < -0.4 is 10.1 Å². The van der Waals surface area contributed by atoms with Crippen molar-refractivity contribution in [2.45, 2.75) is 19.8 Å². The van der Waals surface area contributed by atoms with Crippen LogP contribution in [0.1, 0.15) is 19.8 Å². The molecule has 1 aliphatic rings. The number of hydrogen-bond acceptors (Lipinski definition) is 4. The lowest BCUT2D eigenvalue weighted by Gasteiger charge is -2.07. The topological polar surface area (TPSA) is 71.0 Å². The van der Waals surface area contributed by atoms with Gasteiger partial charge in [0.25, 0.3) is 5.91 Å². The van der Waals surface area contributed by atoms with E-state index in [2.05, 4.69) is 10.4 Å². The van der Waals surface area contributed by atoms with E-state index in [1.165, 1.54) is 17.1 Å². The molecule has 0 saturated carbocycles. The van der Waals surface area contributed by atoms with Gasteiger partial charge < -0.3 is 10.1 Å². The number of carbonyl (C=O) groups is 2. The van der Waals surface area contributed by atoms with Gasteiger partial charge in [-0.25, -0.2) is 9.40 Å². The van der Waals surface area contributed by atoms with E-state index >= 15 is 0 Å². The Morgan fingerprint density at radius 1 is 1.41 bits per heavy atom. The van der Waals surface area contributed by atoms with Gasteiger partial charge in [0.2, 0.25) is 5.91 Å². The molecule has 2 rings (SSSR count). The van der Waals surface area contributed by atoms with Gasteiger partial charge in [0.15, 0.2) is 0 Å². The number of nitrogens with zero attached hydrogens (tertiary/aromatic N) is 2. The fourth-order valence-corrected chi connectivity index (χ4v) is 1.94. The van der Waals surface area contributed by atoms with Crippen LogP contribution in [-0.4, -0.2) is 42.2 Å². The highest BCUT2D eigenvalue weighted by Gasteiger charge is 2.26. The molecule has 0 saturated heterocycles. The van der Waals surface area contributed by atoms with Crippen molar-refractivity contribution >= 4 is 17.5 Å². The maximum absolute atomic E-state index is 12.7. The van der Waals surface area contributed by atoms with Gasteiger partial charge in [0.1, 0.15) is 17.3 Å². The minimum atomic E-state index is -0.328. The minimum Gasteiger partial charge on any atom is -0.494 e. The Kier molecular flexibility index (Phi) is 5.46. The number of nitrogens with one attached hydrogen (secondary N) is 1. The van der Waals surface area contributed by atoms with E-state index in [-0.39, 0.29) is 29.8 Å². The lowest BCUT2D eigenvalue weighted by atomic mass is 10.2. The van der Waals surface area contributed by atoms with Crippen LogP contribution in [0, 0.1) is 5.82 Å². The van der Waals surface area contributed by atoms with Gasteiger partial charge in [-0.15, -0.1) is 0 Å². The summed E-state index contributed by atoms with van der Waals surface area (Å²) in [4.78, 5) is 23.3. The normalized spacial score (nSPS) is 14.0. The Morgan fingerprint density at radius 2 is 2.14 bits per heavy atom. The maximum Gasteiger partial charge on any atom is 0.268 e. The van der Waals surface area contributed by atoms with Gasteiger partial charge >= 0.3 is 0 Å². The molecule has 1 aromatic carbocycles. The highest BCUT2D eigenvalue weighted by atomic mass is 19.1. The second-order valence-corrected chi connectivity index (χ2v) is 4.74. The molecule has 118 valence electrons. The monoisotopic (exact) mass is 307 g/mol. The zero-order chi connectivity index (χ0) is 15.9. The van der Waals surface area contributed by atoms with Gasteiger partial charge in [0.05, 0.1) is 13.0 Å². The molecule has 0 aliphatic carbocycles. The first-order valence-electron chi connectivity index (χ1n) is 7.14. The Bertz CT molecular complexity index is 572. The average Bonchev–Trinajstić information content (AvgIpc) is 2.90. The third-order valence-corrected chi connectivity index (χ3v) is 3.10. The van der Waals surface area contributed by atoms with Gasteiger partial charge in [-0.2, -0.15) is 5.10 Å². The van der Waals surface area contributed by atoms with E-state index in [0.29, 0.717) is 31.9 Å². The molecule has 0 radical (unpaired) electrons. The van der Waals surface area contributed by atoms with E-state index in [9.17, 15) is 14.0 Å². The molecule has 1 aromatic rings. The van der Waals surface area contributed by atoms with Crippen molar-refractivity contribution in [3.8, 4) is 5.75 Å². The van der Waals surface area contributed by atoms with Crippen molar-refractivity contribution in [3.05, 3.63) is 30.1 Å². The van der Waals surface area contributed by atoms with Crippen LogP contribution in [0.3, 0.4) is 0 Å². The number of rotatable bonds is 7. The van der Waals surface area contributed by atoms with Crippen molar-refractivity contribution in [1.82, 2.24) is 10.3 Å². The smallest absolute Gasteiger partial charge is 0.268 e. The molecule has 6 nitrogen and oxygen atoms in total. The first-order chi connectivity index (χ1) is 10.6. The van der Waals surface area contributed by atoms with Crippen LogP contribution in [0.5, 0.6) is 5.75 Å². The first-order valence-corrected chi connectivity index (χ1v) is 7.14. The number of halogens is 1. The van der Waals surface area contributed by atoms with Crippen molar-refractivity contribution in [2.24, 2.45) is 5.10 Å². The molecule has 0 atom stereocenters. The van der Waals surface area contributed by atoms with Crippen molar-refractivity contribution in [1.29, 1.82) is 0 Å². The zero-order valence-electron chi connectivity index (χ0n) is 12.3. The van der Waals surface area contributed by atoms with E-state index < -0.39 is 0 Å². The summed E-state index contributed by atoms with van der Waals surface area (Å²) in [5.74, 6) is -0.219. The molecule has 0 fully saturated rings. The molecular formula is C15H18FN3O3. The lowest BCUT2D eigenvalue weighted by Crippen LogP contribution is -2.31. The molecule has 22 heavy (non-hydrogen) atoms. The summed E-state index contributed by atoms with van der Waals surface area (Å²) in [6, 6.07) is 5.75. The minimum absolute atomic E-state index is 0.0474. The van der Waals surface area contributed by atoms with Gasteiger partial charge in [0, 0.05) is 13.1 Å². The molecule has 7 heteroatoms. The first kappa shape index (κ1) is 15.9. The van der Waals surface area contributed by atoms with Gasteiger partial charge in [-0.3, -0.25) is 9.59 Å². The number of benzene rings is 1. The van der Waals surface area contributed by atoms with E-state index in [0.717, 1.165) is 0 Å². The average molecular weight is 307 g/mol. The number of hydrogen-bond donors (Lipinski definition) is 1. The zero-order valence-corrected chi connectivity index (χ0v) is 12.3. The third-order valence-electron chi connectivity index (χ3n) is 3.10. The van der Waals surface area contributed by atoms with E-state index in [1.807, 2.05) is 0 Å². The summed E-state index contributed by atoms with van der Waals surface area (Å²) in [7, 11) is 0. The Morgan fingerprint density at radius 3 is 2.77 bits per heavy atom. The Balaban J connectivity index is 1.65. The van der Waals surface area contributed by atoms with E-state index in [1.54, 1.807) is 19.1 Å². The second kappa shape index (κ2) is 7.53. The summed E-state index contributed by atoms with van der Waals surface area (Å²) in [6.45, 7) is 3.08. The number of hydrazone groups is 1. The lowest BCUT2D eigenvalue weighted by molar-refractivity contribution is -0.128. The van der Waals surface area contributed by atoms with Crippen LogP contribution in [0.25, 0.3) is 0 Å². The molecule has 0 aromatic heterocycles. The van der Waals surface area contributed by atoms with E-state index in [4.69, 9.17) is 4.74 Å². The Labute approximate surface area is 127 Å². The van der Waals surface area contributed by atoms with Crippen molar-refractivity contribution in [3.63, 3.8) is 0 Å². The quantitative estimate of drug-likeness (QED) is 0.772. The predicted molar refractivity (Wildman–Crippen MR) is 79.0 cm³/mol. The summed E-state index contributed by atoms with van der Waals surface area (Å²) < 4.78 is 18.1. The SMILES string of the molecule is CCN1N=C(C(=O)NCCCOc2ccc(F)cc2)CC1=O. The summed E-state index contributed by atoms with van der Waals surface area (Å²) in [6.07, 6.45) is 0.646. The Hall–Kier alpha value is -2.44. The molecule has 1 aliphatic heterocycles. The summed E-state index contributed by atoms with van der Waals surface area (Å²) in [5.41, 5.74) is 0.242. The van der Waals surface area contributed by atoms with Crippen molar-refractivity contribution < 1.29 is 18.7 Å². The van der Waals surface area contributed by atoms with Crippen LogP contribution in [-0.2, 0) is 9.59 Å². The van der Waals surface area contributed by atoms with Crippen LogP contribution in [0.4, 0.5) is 4.39 Å². The number of ether oxygens (including phenoxy) is 1. The third kappa shape index (κ3) is 4.28. The number of amides is 2. The van der Waals surface area contributed by atoms with Crippen molar-refractivity contribution in [2.75, 3.05) is 19.7 Å². The molecule has 0 unspecified atom stereocenters. The highest BCUT2D eigenvalue weighted by molar-refractivity contribution is 6.43. The highest BCUT2D eigenvalue weighted by Crippen LogP contribution is 2.11. The molecule has 1 N–H and O–H groups in total. The maximum atomic E-state index is 12.7. The van der Waals surface area contributed by atoms with Gasteiger partial charge in [-0.1, -0.05) is 0 Å². The fourth-order valence-electron chi connectivity index (χ4n) is 1.94. The van der Waals surface area contributed by atoms with Crippen LogP contribution in [0.2, 0.25) is 0 Å². The van der Waals surface area contributed by atoms with Crippen LogP contribution in [0.15, 0.2) is 29.4 Å². The standard InChI is InChI=1S/C15H18FN3O3/c1-2-19-14(20)10-13(18-19)15(21)17-8-3-9-22-12-6-4-11(16)5-7-12/h4-7H,2-3,8-10H2,1H3,(H,17,21). The molecular weight excluding hydrogens is 289 g/mol. The van der Waals surface area contributed by atoms with Gasteiger partial charge in [-0.05, 0) is 37.6 Å². The molecule has 0 spiro atoms. The fraction of sp³-hybridized carbons (Fsp3) is 0.400. The second-order valence-electron chi connectivity index (χ2n) is 4.74. The predicted octanol–water partition coefficient (Wildman–Crippen LogP) is 1.32. The summed E-state index contributed by atoms with van der Waals surface area (Å²) >= 11 is 0. The van der Waals surface area contributed by atoms with Crippen LogP contribution >= 0.6 is 0 Å².